The van der Waals surface area contributed by atoms with Gasteiger partial charge in [0.15, 0.2) is 0 Å². The molecule has 0 aromatic heterocycles. The summed E-state index contributed by atoms with van der Waals surface area (Å²) in [6, 6.07) is 15.7. The molecule has 1 aliphatic heterocycles. The molecule has 0 saturated carbocycles. The smallest absolute Gasteiger partial charge is 0.0607 e. The molecule has 0 fully saturated rings. The number of halogens is 2. The second-order valence-electron chi connectivity index (χ2n) is 6.60. The van der Waals surface area contributed by atoms with Crippen LogP contribution in [0.3, 0.4) is 0 Å². The molecule has 0 radical (unpaired) electrons. The summed E-state index contributed by atoms with van der Waals surface area (Å²) < 4.78 is 1.26. The first-order valence-corrected chi connectivity index (χ1v) is 11.4. The van der Waals surface area contributed by atoms with E-state index in [0.29, 0.717) is 0 Å². The fourth-order valence-electron chi connectivity index (χ4n) is 3.66. The van der Waals surface area contributed by atoms with Crippen molar-refractivity contribution in [3.05, 3.63) is 46.0 Å². The maximum absolute atomic E-state index is 3.71. The number of fused-ring (bicyclic) bond motifs is 4. The van der Waals surface area contributed by atoms with E-state index in [1.54, 1.807) is 0 Å². The molecule has 4 rings (SSSR count). The standard InChI is InChI=1S/C22H24IN3S.ClH/c1-4-24-19-13-21-22(17-11-14(23)7-9-16(17)19)25-18-10-8-15(12-20(18)27-21)26(5-2)6-3;/h7-13,24-25H,4-6H2,1-3H3;1H. The first-order chi connectivity index (χ1) is 13.1. The zero-order valence-electron chi connectivity index (χ0n) is 16.3. The van der Waals surface area contributed by atoms with E-state index < -0.39 is 0 Å². The summed E-state index contributed by atoms with van der Waals surface area (Å²) in [7, 11) is 0. The topological polar surface area (TPSA) is 27.3 Å². The molecule has 1 heterocycles. The van der Waals surface area contributed by atoms with Crippen LogP contribution in [0, 0.1) is 3.57 Å². The van der Waals surface area contributed by atoms with Crippen LogP contribution in [0.15, 0.2) is 52.3 Å². The van der Waals surface area contributed by atoms with Gasteiger partial charge in [0.1, 0.15) is 0 Å². The number of nitrogens with one attached hydrogen (secondary N) is 2. The Morgan fingerprint density at radius 1 is 0.964 bits per heavy atom. The van der Waals surface area contributed by atoms with Crippen LogP contribution in [0.4, 0.5) is 22.7 Å². The number of nitrogens with zero attached hydrogens (tertiary/aromatic N) is 1. The highest BCUT2D eigenvalue weighted by atomic mass is 127. The first-order valence-electron chi connectivity index (χ1n) is 9.48. The van der Waals surface area contributed by atoms with E-state index in [0.717, 1.165) is 19.6 Å². The molecule has 1 aliphatic rings. The maximum Gasteiger partial charge on any atom is 0.0607 e. The minimum Gasteiger partial charge on any atom is -0.385 e. The van der Waals surface area contributed by atoms with Crippen LogP contribution in [0.5, 0.6) is 0 Å². The predicted octanol–water partition coefficient (Wildman–Crippen LogP) is 7.35. The molecule has 0 saturated heterocycles. The molecule has 0 aliphatic carbocycles. The molecule has 0 amide bonds. The number of anilines is 4. The Labute approximate surface area is 191 Å². The predicted molar refractivity (Wildman–Crippen MR) is 135 cm³/mol. The van der Waals surface area contributed by atoms with Gasteiger partial charge in [0.25, 0.3) is 0 Å². The second-order valence-corrected chi connectivity index (χ2v) is 8.93. The van der Waals surface area contributed by atoms with Crippen LogP contribution >= 0.6 is 46.8 Å². The Bertz CT molecular complexity index is 1000. The molecule has 0 bridgehead atoms. The largest absolute Gasteiger partial charge is 0.385 e. The number of benzene rings is 3. The van der Waals surface area contributed by atoms with Crippen molar-refractivity contribution in [1.29, 1.82) is 0 Å². The Balaban J connectivity index is 0.00000225. The minimum absolute atomic E-state index is 0. The maximum atomic E-state index is 3.71. The van der Waals surface area contributed by atoms with Crippen LogP contribution in [0.2, 0.25) is 0 Å². The average molecular weight is 526 g/mol. The highest BCUT2D eigenvalue weighted by Crippen LogP contribution is 2.50. The lowest BCUT2D eigenvalue weighted by atomic mass is 10.1. The van der Waals surface area contributed by atoms with Gasteiger partial charge in [0.05, 0.1) is 11.4 Å². The molecule has 3 aromatic rings. The monoisotopic (exact) mass is 525 g/mol. The van der Waals surface area contributed by atoms with Gasteiger partial charge in [-0.05, 0) is 79.8 Å². The minimum atomic E-state index is 0. The lowest BCUT2D eigenvalue weighted by molar-refractivity contribution is 0.864. The summed E-state index contributed by atoms with van der Waals surface area (Å²) >= 11 is 4.26. The van der Waals surface area contributed by atoms with E-state index in [-0.39, 0.29) is 12.4 Å². The molecule has 3 nitrogen and oxygen atoms in total. The fourth-order valence-corrected chi connectivity index (χ4v) is 5.23. The van der Waals surface area contributed by atoms with Crippen LogP contribution in [0.1, 0.15) is 20.8 Å². The van der Waals surface area contributed by atoms with Crippen LogP contribution < -0.4 is 15.5 Å². The Morgan fingerprint density at radius 2 is 1.75 bits per heavy atom. The van der Waals surface area contributed by atoms with E-state index >= 15 is 0 Å². The van der Waals surface area contributed by atoms with Crippen molar-refractivity contribution in [1.82, 2.24) is 0 Å². The third-order valence-corrected chi connectivity index (χ3v) is 6.77. The van der Waals surface area contributed by atoms with Gasteiger partial charge < -0.3 is 15.5 Å². The highest BCUT2D eigenvalue weighted by molar-refractivity contribution is 14.1. The number of hydrogen-bond acceptors (Lipinski definition) is 4. The van der Waals surface area contributed by atoms with E-state index in [2.05, 4.69) is 101 Å². The van der Waals surface area contributed by atoms with Gasteiger partial charge in [0.2, 0.25) is 0 Å². The number of hydrogen-bond donors (Lipinski definition) is 2. The number of rotatable bonds is 5. The Morgan fingerprint density at radius 3 is 2.46 bits per heavy atom. The van der Waals surface area contributed by atoms with Crippen LogP contribution in [-0.4, -0.2) is 19.6 Å². The fraction of sp³-hybridized carbons (Fsp3) is 0.273. The first kappa shape index (κ1) is 21.4. The summed E-state index contributed by atoms with van der Waals surface area (Å²) in [5.41, 5.74) is 4.91. The van der Waals surface area contributed by atoms with E-state index in [1.165, 1.54) is 46.9 Å². The molecule has 2 N–H and O–H groups in total. The second kappa shape index (κ2) is 9.01. The van der Waals surface area contributed by atoms with Crippen LogP contribution in [-0.2, 0) is 0 Å². The van der Waals surface area contributed by atoms with Gasteiger partial charge in [-0.15, -0.1) is 12.4 Å². The lowest BCUT2D eigenvalue weighted by Crippen LogP contribution is -2.21. The van der Waals surface area contributed by atoms with Crippen molar-refractivity contribution in [3.63, 3.8) is 0 Å². The summed E-state index contributed by atoms with van der Waals surface area (Å²) in [5.74, 6) is 0. The van der Waals surface area contributed by atoms with Gasteiger partial charge in [-0.3, -0.25) is 0 Å². The van der Waals surface area contributed by atoms with Crippen molar-refractivity contribution < 1.29 is 0 Å². The zero-order chi connectivity index (χ0) is 19.0. The molecular formula is C22H25ClIN3S. The summed E-state index contributed by atoms with van der Waals surface area (Å²) in [4.78, 5) is 4.97. The van der Waals surface area contributed by atoms with Gasteiger partial charge in [-0.1, -0.05) is 17.8 Å². The Hall–Kier alpha value is -1.31. The molecule has 0 atom stereocenters. The highest BCUT2D eigenvalue weighted by Gasteiger charge is 2.21. The average Bonchev–Trinajstić information content (AvgIpc) is 2.68. The SMILES string of the molecule is CCNc1cc2c(c3cc(I)ccc13)Nc1ccc(N(CC)CC)cc1S2.Cl. The van der Waals surface area contributed by atoms with Crippen molar-refractivity contribution in [2.45, 2.75) is 30.6 Å². The van der Waals surface area contributed by atoms with Crippen LogP contribution in [0.25, 0.3) is 10.8 Å². The lowest BCUT2D eigenvalue weighted by Gasteiger charge is -2.27. The molecule has 6 heteroatoms. The normalized spacial score (nSPS) is 11.9. The molecule has 28 heavy (non-hydrogen) atoms. The third kappa shape index (κ3) is 3.89. The van der Waals surface area contributed by atoms with Crippen molar-refractivity contribution in [2.24, 2.45) is 0 Å². The van der Waals surface area contributed by atoms with Gasteiger partial charge in [0, 0.05) is 55.1 Å². The summed E-state index contributed by atoms with van der Waals surface area (Å²) in [6.45, 7) is 9.53. The zero-order valence-corrected chi connectivity index (χ0v) is 20.1. The molecule has 3 aromatic carbocycles. The Kier molecular flexibility index (Phi) is 6.89. The van der Waals surface area contributed by atoms with Gasteiger partial charge in [-0.25, -0.2) is 0 Å². The third-order valence-electron chi connectivity index (χ3n) is 5.00. The summed E-state index contributed by atoms with van der Waals surface area (Å²) in [5, 5.41) is 9.80. The molecule has 0 spiro atoms. The van der Waals surface area contributed by atoms with E-state index in [1.807, 2.05) is 11.8 Å². The molecule has 148 valence electrons. The van der Waals surface area contributed by atoms with Gasteiger partial charge in [-0.2, -0.15) is 0 Å². The van der Waals surface area contributed by atoms with E-state index in [9.17, 15) is 0 Å². The summed E-state index contributed by atoms with van der Waals surface area (Å²) in [6.07, 6.45) is 0. The van der Waals surface area contributed by atoms with Crippen molar-refractivity contribution in [3.8, 4) is 0 Å². The molecule has 0 unspecified atom stereocenters. The van der Waals surface area contributed by atoms with Gasteiger partial charge >= 0.3 is 0 Å². The molecular weight excluding hydrogens is 501 g/mol. The van der Waals surface area contributed by atoms with Crippen molar-refractivity contribution in [2.75, 3.05) is 35.2 Å². The van der Waals surface area contributed by atoms with Crippen molar-refractivity contribution >= 4 is 80.3 Å². The quantitative estimate of drug-likeness (QED) is 0.266. The van der Waals surface area contributed by atoms with E-state index in [4.69, 9.17) is 0 Å².